The van der Waals surface area contributed by atoms with Crippen molar-refractivity contribution in [1.29, 1.82) is 0 Å². The molecule has 1 aliphatic rings. The van der Waals surface area contributed by atoms with Crippen molar-refractivity contribution in [1.82, 2.24) is 5.32 Å². The number of esters is 1. The molecule has 3 heteroatoms. The third-order valence-electron chi connectivity index (χ3n) is 2.39. The Kier molecular flexibility index (Phi) is 2.50. The number of cyclic esters (lactones) is 1. The number of carbonyl (C=O) groups is 1. The molecule has 0 radical (unpaired) electrons. The fourth-order valence-corrected chi connectivity index (χ4v) is 1.74. The topological polar surface area (TPSA) is 38.3 Å². The lowest BCUT2D eigenvalue weighted by Gasteiger charge is -2.24. The molecule has 74 valence electrons. The quantitative estimate of drug-likeness (QED) is 0.708. The Morgan fingerprint density at radius 3 is 3.07 bits per heavy atom. The molecule has 0 saturated carbocycles. The third kappa shape index (κ3) is 1.63. The first kappa shape index (κ1) is 9.21. The summed E-state index contributed by atoms with van der Waals surface area (Å²) in [4.78, 5) is 11.5. The Morgan fingerprint density at radius 2 is 2.29 bits per heavy atom. The molecule has 2 rings (SSSR count). The molecular formula is C11H13NO2. The lowest BCUT2D eigenvalue weighted by atomic mass is 9.99. The van der Waals surface area contributed by atoms with Crippen molar-refractivity contribution in [3.05, 3.63) is 35.4 Å². The van der Waals surface area contributed by atoms with Gasteiger partial charge in [0, 0.05) is 13.0 Å². The van der Waals surface area contributed by atoms with Crippen molar-refractivity contribution >= 4 is 5.97 Å². The molecule has 3 nitrogen and oxygen atoms in total. The summed E-state index contributed by atoms with van der Waals surface area (Å²) in [5, 5.41) is 3.01. The molecule has 1 aliphatic heterocycles. The maximum Gasteiger partial charge on any atom is 0.338 e. The van der Waals surface area contributed by atoms with Gasteiger partial charge in [-0.15, -0.1) is 0 Å². The summed E-state index contributed by atoms with van der Waals surface area (Å²) in [6, 6.07) is 7.61. The van der Waals surface area contributed by atoms with E-state index < -0.39 is 0 Å². The van der Waals surface area contributed by atoms with Crippen LogP contribution in [0.3, 0.4) is 0 Å². The van der Waals surface area contributed by atoms with Crippen LogP contribution in [0.25, 0.3) is 0 Å². The minimum atomic E-state index is -0.202. The van der Waals surface area contributed by atoms with E-state index in [0.717, 1.165) is 12.0 Å². The van der Waals surface area contributed by atoms with E-state index in [4.69, 9.17) is 4.74 Å². The predicted octanol–water partition coefficient (Wildman–Crippen LogP) is 0.987. The van der Waals surface area contributed by atoms with E-state index in [1.807, 2.05) is 31.3 Å². The van der Waals surface area contributed by atoms with Gasteiger partial charge in [0.1, 0.15) is 6.10 Å². The van der Waals surface area contributed by atoms with Crippen LogP contribution < -0.4 is 5.32 Å². The van der Waals surface area contributed by atoms with E-state index in [2.05, 4.69) is 5.32 Å². The van der Waals surface area contributed by atoms with Crippen molar-refractivity contribution < 1.29 is 9.53 Å². The molecule has 0 saturated heterocycles. The average molecular weight is 191 g/mol. The van der Waals surface area contributed by atoms with Crippen LogP contribution in [-0.2, 0) is 11.2 Å². The number of likely N-dealkylation sites (N-methyl/N-ethyl adjacent to an activating group) is 1. The Hall–Kier alpha value is -1.35. The second-order valence-corrected chi connectivity index (χ2v) is 3.45. The molecule has 0 fully saturated rings. The zero-order chi connectivity index (χ0) is 9.97. The molecule has 1 atom stereocenters. The van der Waals surface area contributed by atoms with Crippen LogP contribution >= 0.6 is 0 Å². The Balaban J connectivity index is 2.24. The van der Waals surface area contributed by atoms with E-state index in [9.17, 15) is 4.79 Å². The molecule has 1 aromatic carbocycles. The largest absolute Gasteiger partial charge is 0.457 e. The summed E-state index contributed by atoms with van der Waals surface area (Å²) in [5.74, 6) is -0.202. The number of nitrogens with one attached hydrogen (secondary N) is 1. The van der Waals surface area contributed by atoms with Gasteiger partial charge in [0.05, 0.1) is 5.56 Å². The fourth-order valence-electron chi connectivity index (χ4n) is 1.74. The summed E-state index contributed by atoms with van der Waals surface area (Å²) < 4.78 is 5.25. The lowest BCUT2D eigenvalue weighted by molar-refractivity contribution is 0.0264. The summed E-state index contributed by atoms with van der Waals surface area (Å²) in [7, 11) is 1.86. The molecule has 0 bridgehead atoms. The van der Waals surface area contributed by atoms with E-state index in [1.165, 1.54) is 0 Å². The van der Waals surface area contributed by atoms with Gasteiger partial charge in [-0.3, -0.25) is 0 Å². The summed E-state index contributed by atoms with van der Waals surface area (Å²) in [5.41, 5.74) is 1.80. The van der Waals surface area contributed by atoms with Gasteiger partial charge >= 0.3 is 5.97 Å². The predicted molar refractivity (Wildman–Crippen MR) is 53.3 cm³/mol. The molecular weight excluding hydrogens is 178 g/mol. The Labute approximate surface area is 83.1 Å². The van der Waals surface area contributed by atoms with Crippen molar-refractivity contribution in [2.75, 3.05) is 13.6 Å². The monoisotopic (exact) mass is 191 g/mol. The Morgan fingerprint density at radius 1 is 1.50 bits per heavy atom. The highest BCUT2D eigenvalue weighted by atomic mass is 16.5. The van der Waals surface area contributed by atoms with E-state index in [-0.39, 0.29) is 12.1 Å². The first-order valence-electron chi connectivity index (χ1n) is 4.74. The van der Waals surface area contributed by atoms with Crippen LogP contribution in [0.2, 0.25) is 0 Å². The maximum absolute atomic E-state index is 11.5. The zero-order valence-corrected chi connectivity index (χ0v) is 8.12. The smallest absolute Gasteiger partial charge is 0.338 e. The van der Waals surface area contributed by atoms with Crippen LogP contribution in [0.5, 0.6) is 0 Å². The van der Waals surface area contributed by atoms with E-state index in [1.54, 1.807) is 0 Å². The summed E-state index contributed by atoms with van der Waals surface area (Å²) >= 11 is 0. The van der Waals surface area contributed by atoms with E-state index >= 15 is 0 Å². The van der Waals surface area contributed by atoms with Crippen molar-refractivity contribution in [2.45, 2.75) is 12.5 Å². The number of fused-ring (bicyclic) bond motifs is 1. The van der Waals surface area contributed by atoms with Gasteiger partial charge < -0.3 is 10.1 Å². The SMILES string of the molecule is CNCC1Cc2ccccc2C(=O)O1. The Bertz CT molecular complexity index is 349. The molecule has 0 spiro atoms. The zero-order valence-electron chi connectivity index (χ0n) is 8.12. The first-order valence-corrected chi connectivity index (χ1v) is 4.74. The second-order valence-electron chi connectivity index (χ2n) is 3.45. The van der Waals surface area contributed by atoms with Gasteiger partial charge in [-0.1, -0.05) is 18.2 Å². The highest BCUT2D eigenvalue weighted by Crippen LogP contribution is 2.19. The van der Waals surface area contributed by atoms with Gasteiger partial charge in [0.25, 0.3) is 0 Å². The van der Waals surface area contributed by atoms with Gasteiger partial charge in [-0.25, -0.2) is 4.79 Å². The second kappa shape index (κ2) is 3.80. The minimum absolute atomic E-state index is 0.0256. The van der Waals surface area contributed by atoms with Gasteiger partial charge in [-0.2, -0.15) is 0 Å². The van der Waals surface area contributed by atoms with Crippen LogP contribution in [0.4, 0.5) is 0 Å². The van der Waals surface area contributed by atoms with Crippen LogP contribution in [0.15, 0.2) is 24.3 Å². The number of rotatable bonds is 2. The van der Waals surface area contributed by atoms with Gasteiger partial charge in [0.15, 0.2) is 0 Å². The molecule has 1 aromatic rings. The number of benzene rings is 1. The van der Waals surface area contributed by atoms with E-state index in [0.29, 0.717) is 12.1 Å². The van der Waals surface area contributed by atoms with Crippen molar-refractivity contribution in [3.63, 3.8) is 0 Å². The minimum Gasteiger partial charge on any atom is -0.457 e. The number of hydrogen-bond acceptors (Lipinski definition) is 3. The number of carbonyl (C=O) groups excluding carboxylic acids is 1. The van der Waals surface area contributed by atoms with Crippen LogP contribution in [0.1, 0.15) is 15.9 Å². The molecule has 1 N–H and O–H groups in total. The normalized spacial score (nSPS) is 20.1. The highest BCUT2D eigenvalue weighted by molar-refractivity contribution is 5.92. The average Bonchev–Trinajstić information content (AvgIpc) is 2.18. The molecule has 0 aliphatic carbocycles. The first-order chi connectivity index (χ1) is 6.81. The lowest BCUT2D eigenvalue weighted by Crippen LogP contribution is -2.34. The molecule has 0 aromatic heterocycles. The third-order valence-corrected chi connectivity index (χ3v) is 2.39. The summed E-state index contributed by atoms with van der Waals surface area (Å²) in [6.45, 7) is 0.708. The maximum atomic E-state index is 11.5. The van der Waals surface area contributed by atoms with Crippen molar-refractivity contribution in [2.24, 2.45) is 0 Å². The van der Waals surface area contributed by atoms with Crippen LogP contribution in [-0.4, -0.2) is 25.7 Å². The number of hydrogen-bond donors (Lipinski definition) is 1. The van der Waals surface area contributed by atoms with Crippen molar-refractivity contribution in [3.8, 4) is 0 Å². The van der Waals surface area contributed by atoms with Crippen LogP contribution in [0, 0.1) is 0 Å². The molecule has 1 heterocycles. The van der Waals surface area contributed by atoms with Gasteiger partial charge in [-0.05, 0) is 18.7 Å². The molecule has 0 amide bonds. The standard InChI is InChI=1S/C11H13NO2/c1-12-7-9-6-8-4-2-3-5-10(8)11(13)14-9/h2-5,9,12H,6-7H2,1H3. The summed E-state index contributed by atoms with van der Waals surface area (Å²) in [6.07, 6.45) is 0.783. The fraction of sp³-hybridized carbons (Fsp3) is 0.364. The van der Waals surface area contributed by atoms with Gasteiger partial charge in [0.2, 0.25) is 0 Å². The molecule has 14 heavy (non-hydrogen) atoms. The molecule has 1 unspecified atom stereocenters. The number of ether oxygens (including phenoxy) is 1. The highest BCUT2D eigenvalue weighted by Gasteiger charge is 2.24.